The Kier molecular flexibility index (Phi) is 2.49. The van der Waals surface area contributed by atoms with Crippen LogP contribution in [0.4, 0.5) is 0 Å². The van der Waals surface area contributed by atoms with Crippen LogP contribution in [0.2, 0.25) is 0 Å². The van der Waals surface area contributed by atoms with Gasteiger partial charge in [0, 0.05) is 6.20 Å². The third kappa shape index (κ3) is 1.77. The predicted octanol–water partition coefficient (Wildman–Crippen LogP) is 1.90. The molecule has 0 bridgehead atoms. The molecule has 5 heteroatoms. The molecule has 0 saturated heterocycles. The Bertz CT molecular complexity index is 438. The van der Waals surface area contributed by atoms with Crippen molar-refractivity contribution < 1.29 is 0 Å². The van der Waals surface area contributed by atoms with Gasteiger partial charge in [0.25, 0.3) is 0 Å². The minimum absolute atomic E-state index is 0.773. The Labute approximate surface area is 86.2 Å². The molecule has 0 amide bonds. The molecule has 0 radical (unpaired) electrons. The van der Waals surface area contributed by atoms with Crippen molar-refractivity contribution in [3.8, 4) is 11.4 Å². The van der Waals surface area contributed by atoms with Crippen LogP contribution in [0.25, 0.3) is 11.4 Å². The lowest BCUT2D eigenvalue weighted by Gasteiger charge is -1.97. The summed E-state index contributed by atoms with van der Waals surface area (Å²) in [4.78, 5) is 15.7. The third-order valence-corrected chi connectivity index (χ3v) is 2.36. The molecule has 0 saturated carbocycles. The van der Waals surface area contributed by atoms with Crippen molar-refractivity contribution in [3.05, 3.63) is 24.3 Å². The van der Waals surface area contributed by atoms with Crippen LogP contribution in [-0.4, -0.2) is 26.2 Å². The van der Waals surface area contributed by atoms with Crippen molar-refractivity contribution in [1.82, 2.24) is 19.9 Å². The molecule has 0 fully saturated rings. The van der Waals surface area contributed by atoms with E-state index in [4.69, 9.17) is 0 Å². The number of hydrogen-bond acceptors (Lipinski definition) is 4. The van der Waals surface area contributed by atoms with Crippen molar-refractivity contribution in [1.29, 1.82) is 0 Å². The molecule has 2 rings (SSSR count). The molecule has 2 aromatic rings. The molecule has 0 spiro atoms. The van der Waals surface area contributed by atoms with E-state index in [0.717, 1.165) is 22.4 Å². The van der Waals surface area contributed by atoms with Gasteiger partial charge in [-0.3, -0.25) is 0 Å². The van der Waals surface area contributed by atoms with Crippen molar-refractivity contribution in [2.24, 2.45) is 0 Å². The zero-order chi connectivity index (χ0) is 9.97. The molecule has 0 aromatic carbocycles. The fraction of sp³-hybridized carbons (Fsp3) is 0.222. The van der Waals surface area contributed by atoms with Gasteiger partial charge >= 0.3 is 0 Å². The lowest BCUT2D eigenvalue weighted by molar-refractivity contribution is 0.972. The van der Waals surface area contributed by atoms with E-state index >= 15 is 0 Å². The number of imidazole rings is 1. The summed E-state index contributed by atoms with van der Waals surface area (Å²) in [6.07, 6.45) is 5.49. The first-order valence-electron chi connectivity index (χ1n) is 4.18. The highest BCUT2D eigenvalue weighted by atomic mass is 32.2. The number of aromatic amines is 1. The van der Waals surface area contributed by atoms with Gasteiger partial charge in [0.1, 0.15) is 5.82 Å². The van der Waals surface area contributed by atoms with Gasteiger partial charge in [0.15, 0.2) is 5.16 Å². The summed E-state index contributed by atoms with van der Waals surface area (Å²) in [5.41, 5.74) is 1.81. The first-order chi connectivity index (χ1) is 6.79. The summed E-state index contributed by atoms with van der Waals surface area (Å²) < 4.78 is 0. The number of H-pyrrole nitrogens is 1. The van der Waals surface area contributed by atoms with Crippen LogP contribution >= 0.6 is 11.8 Å². The number of nitrogens with zero attached hydrogens (tertiary/aromatic N) is 3. The molecule has 72 valence electrons. The Balaban J connectivity index is 2.41. The normalized spacial score (nSPS) is 10.4. The molecule has 2 heterocycles. The predicted molar refractivity (Wildman–Crippen MR) is 56.1 cm³/mol. The summed E-state index contributed by atoms with van der Waals surface area (Å²) in [7, 11) is 0. The number of aromatic nitrogens is 4. The summed E-state index contributed by atoms with van der Waals surface area (Å²) in [5.74, 6) is 0.893. The van der Waals surface area contributed by atoms with Gasteiger partial charge in [-0.25, -0.2) is 15.0 Å². The third-order valence-electron chi connectivity index (χ3n) is 1.79. The van der Waals surface area contributed by atoms with Crippen molar-refractivity contribution in [2.75, 3.05) is 6.26 Å². The minimum atomic E-state index is 0.773. The standard InChI is InChI=1S/C9H10N4S/c1-6-11-5-8(12-6)7-3-4-10-9(13-7)14-2/h3-5H,1-2H3,(H,11,12). The maximum absolute atomic E-state index is 4.36. The first kappa shape index (κ1) is 9.21. The van der Waals surface area contributed by atoms with Gasteiger partial charge in [0.05, 0.1) is 17.6 Å². The van der Waals surface area contributed by atoms with Crippen molar-refractivity contribution in [2.45, 2.75) is 12.1 Å². The molecule has 14 heavy (non-hydrogen) atoms. The zero-order valence-electron chi connectivity index (χ0n) is 7.98. The van der Waals surface area contributed by atoms with Crippen LogP contribution < -0.4 is 0 Å². The maximum atomic E-state index is 4.36. The molecule has 4 nitrogen and oxygen atoms in total. The second-order valence-corrected chi connectivity index (χ2v) is 3.58. The van der Waals surface area contributed by atoms with E-state index in [1.54, 1.807) is 12.4 Å². The van der Waals surface area contributed by atoms with Crippen LogP contribution in [-0.2, 0) is 0 Å². The smallest absolute Gasteiger partial charge is 0.187 e. The average molecular weight is 206 g/mol. The number of rotatable bonds is 2. The lowest BCUT2D eigenvalue weighted by atomic mass is 10.3. The van der Waals surface area contributed by atoms with Gasteiger partial charge in [-0.2, -0.15) is 0 Å². The highest BCUT2D eigenvalue weighted by molar-refractivity contribution is 7.98. The highest BCUT2D eigenvalue weighted by Gasteiger charge is 2.03. The maximum Gasteiger partial charge on any atom is 0.187 e. The highest BCUT2D eigenvalue weighted by Crippen LogP contribution is 2.16. The molecule has 1 N–H and O–H groups in total. The van der Waals surface area contributed by atoms with Crippen LogP contribution in [0, 0.1) is 6.92 Å². The quantitative estimate of drug-likeness (QED) is 0.602. The van der Waals surface area contributed by atoms with Crippen LogP contribution in [0.3, 0.4) is 0 Å². The Hall–Kier alpha value is -1.36. The second kappa shape index (κ2) is 3.79. The lowest BCUT2D eigenvalue weighted by Crippen LogP contribution is -1.88. The molecular weight excluding hydrogens is 196 g/mol. The molecule has 0 atom stereocenters. The fourth-order valence-corrected chi connectivity index (χ4v) is 1.50. The van der Waals surface area contributed by atoms with Gasteiger partial charge in [-0.05, 0) is 19.2 Å². The summed E-state index contributed by atoms with van der Waals surface area (Å²) in [6.45, 7) is 1.92. The molecule has 0 unspecified atom stereocenters. The summed E-state index contributed by atoms with van der Waals surface area (Å²) in [5, 5.41) is 0.773. The van der Waals surface area contributed by atoms with Gasteiger partial charge in [-0.1, -0.05) is 11.8 Å². The number of hydrogen-bond donors (Lipinski definition) is 1. The van der Waals surface area contributed by atoms with E-state index in [9.17, 15) is 0 Å². The zero-order valence-corrected chi connectivity index (χ0v) is 8.80. The van der Waals surface area contributed by atoms with Gasteiger partial charge < -0.3 is 4.98 Å². The van der Waals surface area contributed by atoms with E-state index in [1.165, 1.54) is 11.8 Å². The van der Waals surface area contributed by atoms with Gasteiger partial charge in [0.2, 0.25) is 0 Å². The fourth-order valence-electron chi connectivity index (χ4n) is 1.14. The van der Waals surface area contributed by atoms with Crippen molar-refractivity contribution >= 4 is 11.8 Å². The number of nitrogens with one attached hydrogen (secondary N) is 1. The summed E-state index contributed by atoms with van der Waals surface area (Å²) >= 11 is 1.53. The van der Waals surface area contributed by atoms with Crippen LogP contribution in [0.5, 0.6) is 0 Å². The molecule has 0 aliphatic rings. The van der Waals surface area contributed by atoms with Gasteiger partial charge in [-0.15, -0.1) is 0 Å². The Morgan fingerprint density at radius 1 is 1.36 bits per heavy atom. The molecule has 0 aliphatic carbocycles. The number of aryl methyl sites for hydroxylation is 1. The molecule has 2 aromatic heterocycles. The Morgan fingerprint density at radius 3 is 2.86 bits per heavy atom. The number of thioether (sulfide) groups is 1. The van der Waals surface area contributed by atoms with Crippen LogP contribution in [0.1, 0.15) is 5.82 Å². The Morgan fingerprint density at radius 2 is 2.21 bits per heavy atom. The van der Waals surface area contributed by atoms with E-state index in [-0.39, 0.29) is 0 Å². The van der Waals surface area contributed by atoms with E-state index in [2.05, 4.69) is 19.9 Å². The van der Waals surface area contributed by atoms with E-state index < -0.39 is 0 Å². The summed E-state index contributed by atoms with van der Waals surface area (Å²) in [6, 6.07) is 1.87. The van der Waals surface area contributed by atoms with E-state index in [0.29, 0.717) is 0 Å². The average Bonchev–Trinajstić information content (AvgIpc) is 2.65. The minimum Gasteiger partial charge on any atom is -0.341 e. The van der Waals surface area contributed by atoms with Crippen molar-refractivity contribution in [3.63, 3.8) is 0 Å². The second-order valence-electron chi connectivity index (χ2n) is 2.81. The topological polar surface area (TPSA) is 54.5 Å². The molecule has 0 aliphatic heterocycles. The van der Waals surface area contributed by atoms with E-state index in [1.807, 2.05) is 19.2 Å². The molecular formula is C9H10N4S. The van der Waals surface area contributed by atoms with Crippen LogP contribution in [0.15, 0.2) is 23.6 Å². The first-order valence-corrected chi connectivity index (χ1v) is 5.41. The largest absolute Gasteiger partial charge is 0.341 e. The monoisotopic (exact) mass is 206 g/mol. The SMILES string of the molecule is CSc1nccc(-c2cnc(C)[nH]2)n1.